The van der Waals surface area contributed by atoms with Crippen molar-refractivity contribution in [3.63, 3.8) is 0 Å². The standard InChI is InChI=1S/C20H27FN4O13P2/c1-12(26)22-9-14-10-25(18(28)37-14)13-2-3-16(15(21)8-13)23-4-6-24(7-5-23)17(27)11-36-19(29)38-20(39(30,31)32)40(33,34)35/h2-3,8,14,20H,4-7,9-11H2,1H3,(H,22,26)(H2,30,31,32)(H2,33,34,35)/t14-/m0/s1. The number of hydrogen-bond donors (Lipinski definition) is 5. The number of piperazine rings is 1. The summed E-state index contributed by atoms with van der Waals surface area (Å²) < 4.78 is 50.9. The van der Waals surface area contributed by atoms with Crippen LogP contribution in [0.4, 0.5) is 25.4 Å². The van der Waals surface area contributed by atoms with E-state index in [1.807, 2.05) is 0 Å². The molecule has 2 saturated heterocycles. The van der Waals surface area contributed by atoms with Crippen molar-refractivity contribution in [1.29, 1.82) is 0 Å². The molecule has 17 nitrogen and oxygen atoms in total. The first kappa shape index (κ1) is 31.3. The number of carbonyl (C=O) groups excluding carboxylic acids is 4. The Bertz CT molecular complexity index is 1220. The Morgan fingerprint density at radius 1 is 1.12 bits per heavy atom. The number of hydrogen-bond acceptors (Lipinski definition) is 10. The van der Waals surface area contributed by atoms with Gasteiger partial charge >= 0.3 is 33.0 Å². The number of rotatable bonds is 9. The summed E-state index contributed by atoms with van der Waals surface area (Å²) in [7, 11) is -11.1. The van der Waals surface area contributed by atoms with Gasteiger partial charge < -0.3 is 48.9 Å². The third kappa shape index (κ3) is 8.13. The lowest BCUT2D eigenvalue weighted by molar-refractivity contribution is -0.135. The Balaban J connectivity index is 1.51. The highest BCUT2D eigenvalue weighted by atomic mass is 31.2. The SMILES string of the molecule is CC(=O)NC[C@H]1CN(c2ccc(N3CCN(C(=O)COC(=O)OC(P(=O)(O)O)P(=O)(O)O)CC3)c(F)c2)C(=O)O1. The van der Waals surface area contributed by atoms with E-state index in [2.05, 4.69) is 14.8 Å². The second-order valence-corrected chi connectivity index (χ2v) is 12.4. The first-order valence-corrected chi connectivity index (χ1v) is 14.9. The molecule has 1 aromatic carbocycles. The predicted octanol–water partition coefficient (Wildman–Crippen LogP) is -0.272. The maximum atomic E-state index is 15.0. The van der Waals surface area contributed by atoms with Crippen molar-refractivity contribution >= 4 is 50.6 Å². The Labute approximate surface area is 226 Å². The Morgan fingerprint density at radius 3 is 2.30 bits per heavy atom. The lowest BCUT2D eigenvalue weighted by Crippen LogP contribution is -2.50. The number of cyclic esters (lactones) is 1. The number of ether oxygens (including phenoxy) is 3. The molecule has 5 N–H and O–H groups in total. The molecular formula is C20H27FN4O13P2. The van der Waals surface area contributed by atoms with Crippen LogP contribution in [-0.4, -0.2) is 106 Å². The quantitative estimate of drug-likeness (QED) is 0.178. The highest BCUT2D eigenvalue weighted by Gasteiger charge is 2.47. The monoisotopic (exact) mass is 612 g/mol. The van der Waals surface area contributed by atoms with Gasteiger partial charge in [-0.25, -0.2) is 14.0 Å². The lowest BCUT2D eigenvalue weighted by Gasteiger charge is -2.36. The lowest BCUT2D eigenvalue weighted by atomic mass is 10.2. The van der Waals surface area contributed by atoms with E-state index in [9.17, 15) is 32.7 Å². The van der Waals surface area contributed by atoms with E-state index in [-0.39, 0.29) is 56.6 Å². The first-order valence-electron chi connectivity index (χ1n) is 11.5. The van der Waals surface area contributed by atoms with Gasteiger partial charge in [-0.05, 0) is 18.2 Å². The normalized spacial score (nSPS) is 18.0. The molecule has 0 spiro atoms. The van der Waals surface area contributed by atoms with Gasteiger partial charge in [0.25, 0.3) is 5.91 Å². The van der Waals surface area contributed by atoms with Gasteiger partial charge in [0.1, 0.15) is 11.9 Å². The van der Waals surface area contributed by atoms with E-state index in [1.54, 1.807) is 4.90 Å². The van der Waals surface area contributed by atoms with Crippen LogP contribution in [0, 0.1) is 5.82 Å². The third-order valence-corrected chi connectivity index (χ3v) is 8.93. The van der Waals surface area contributed by atoms with Crippen LogP contribution in [0.5, 0.6) is 0 Å². The molecule has 2 fully saturated rings. The molecule has 3 rings (SSSR count). The van der Waals surface area contributed by atoms with Crippen molar-refractivity contribution in [1.82, 2.24) is 10.2 Å². The predicted molar refractivity (Wildman–Crippen MR) is 132 cm³/mol. The molecule has 2 aliphatic rings. The van der Waals surface area contributed by atoms with Crippen molar-refractivity contribution in [2.45, 2.75) is 18.6 Å². The van der Waals surface area contributed by atoms with Gasteiger partial charge in [0.15, 0.2) is 6.61 Å². The number of anilines is 2. The topological polar surface area (TPSA) is 233 Å². The van der Waals surface area contributed by atoms with Gasteiger partial charge in [0, 0.05) is 33.1 Å². The zero-order valence-electron chi connectivity index (χ0n) is 20.9. The van der Waals surface area contributed by atoms with Gasteiger partial charge in [-0.3, -0.25) is 23.6 Å². The number of nitrogens with one attached hydrogen (secondary N) is 1. The number of benzene rings is 1. The van der Waals surface area contributed by atoms with E-state index in [4.69, 9.17) is 24.3 Å². The van der Waals surface area contributed by atoms with Crippen molar-refractivity contribution in [3.05, 3.63) is 24.0 Å². The Hall–Kier alpha value is -3.27. The van der Waals surface area contributed by atoms with E-state index in [0.29, 0.717) is 0 Å². The molecule has 0 radical (unpaired) electrons. The third-order valence-electron chi connectivity index (χ3n) is 5.76. The fourth-order valence-corrected chi connectivity index (χ4v) is 5.89. The van der Waals surface area contributed by atoms with Gasteiger partial charge in [-0.15, -0.1) is 0 Å². The highest BCUT2D eigenvalue weighted by Crippen LogP contribution is 2.60. The minimum Gasteiger partial charge on any atom is -0.442 e. The molecule has 40 heavy (non-hydrogen) atoms. The molecule has 222 valence electrons. The largest absolute Gasteiger partial charge is 0.510 e. The van der Waals surface area contributed by atoms with Gasteiger partial charge in [0.05, 0.1) is 24.5 Å². The Kier molecular flexibility index (Phi) is 9.76. The van der Waals surface area contributed by atoms with Crippen molar-refractivity contribution < 1.29 is 66.5 Å². The molecule has 1 aromatic rings. The molecule has 0 unspecified atom stereocenters. The molecule has 0 saturated carbocycles. The maximum Gasteiger partial charge on any atom is 0.510 e. The van der Waals surface area contributed by atoms with E-state index in [0.717, 1.165) is 6.07 Å². The fraction of sp³-hybridized carbons (Fsp3) is 0.500. The molecular weight excluding hydrogens is 585 g/mol. The van der Waals surface area contributed by atoms with Gasteiger partial charge in [-0.1, -0.05) is 0 Å². The minimum atomic E-state index is -5.54. The summed E-state index contributed by atoms with van der Waals surface area (Å²) in [6.45, 7) is 1.14. The molecule has 20 heteroatoms. The number of halogens is 1. The summed E-state index contributed by atoms with van der Waals surface area (Å²) >= 11 is 0. The molecule has 2 aliphatic heterocycles. The van der Waals surface area contributed by atoms with Crippen molar-refractivity contribution in [3.8, 4) is 0 Å². The van der Waals surface area contributed by atoms with Crippen LogP contribution in [0.1, 0.15) is 6.92 Å². The molecule has 0 aliphatic carbocycles. The second-order valence-electron chi connectivity index (χ2n) is 8.72. The smallest absolute Gasteiger partial charge is 0.442 e. The summed E-state index contributed by atoms with van der Waals surface area (Å²) in [5.41, 5.74) is -2.61. The average molecular weight is 612 g/mol. The van der Waals surface area contributed by atoms with Crippen LogP contribution in [-0.2, 0) is 32.9 Å². The van der Waals surface area contributed by atoms with Crippen molar-refractivity contribution in [2.75, 3.05) is 55.7 Å². The molecule has 3 amide bonds. The van der Waals surface area contributed by atoms with Crippen LogP contribution >= 0.6 is 15.2 Å². The summed E-state index contributed by atoms with van der Waals surface area (Å²) in [4.78, 5) is 87.2. The Morgan fingerprint density at radius 2 is 1.75 bits per heavy atom. The molecule has 0 bridgehead atoms. The highest BCUT2D eigenvalue weighted by molar-refractivity contribution is 7.70. The van der Waals surface area contributed by atoms with Gasteiger partial charge in [-0.2, -0.15) is 0 Å². The molecule has 1 atom stereocenters. The number of carbonyl (C=O) groups is 4. The van der Waals surface area contributed by atoms with Crippen LogP contribution in [0.25, 0.3) is 0 Å². The number of amides is 3. The zero-order chi connectivity index (χ0) is 29.8. The van der Waals surface area contributed by atoms with Crippen LogP contribution in [0.15, 0.2) is 18.2 Å². The fourth-order valence-electron chi connectivity index (χ4n) is 3.88. The molecule has 2 heterocycles. The van der Waals surface area contributed by atoms with Crippen molar-refractivity contribution in [2.24, 2.45) is 0 Å². The van der Waals surface area contributed by atoms with Gasteiger partial charge in [0.2, 0.25) is 5.91 Å². The minimum absolute atomic E-state index is 0.0787. The van der Waals surface area contributed by atoms with E-state index in [1.165, 1.54) is 28.9 Å². The zero-order valence-corrected chi connectivity index (χ0v) is 22.7. The summed E-state index contributed by atoms with van der Waals surface area (Å²) in [6.07, 6.45) is -3.14. The number of nitrogens with zero attached hydrogens (tertiary/aromatic N) is 3. The maximum absolute atomic E-state index is 15.0. The summed E-state index contributed by atoms with van der Waals surface area (Å²) in [5, 5.41) is 2.55. The summed E-state index contributed by atoms with van der Waals surface area (Å²) in [5.74, 6) is -1.65. The first-order chi connectivity index (χ1) is 18.6. The van der Waals surface area contributed by atoms with Crippen LogP contribution in [0.2, 0.25) is 0 Å². The average Bonchev–Trinajstić information content (AvgIpc) is 3.23. The van der Waals surface area contributed by atoms with E-state index < -0.39 is 57.5 Å². The van der Waals surface area contributed by atoms with Crippen LogP contribution in [0.3, 0.4) is 0 Å². The molecule has 0 aromatic heterocycles. The second kappa shape index (κ2) is 12.5. The summed E-state index contributed by atoms with van der Waals surface area (Å²) in [6, 6.07) is 4.16. The van der Waals surface area contributed by atoms with E-state index >= 15 is 0 Å². The van der Waals surface area contributed by atoms with Crippen LogP contribution < -0.4 is 15.1 Å².